The Hall–Kier alpha value is -1.39. The van der Waals surface area contributed by atoms with E-state index in [9.17, 15) is 4.79 Å². The summed E-state index contributed by atoms with van der Waals surface area (Å²) in [6, 6.07) is 9.97. The van der Waals surface area contributed by atoms with Crippen LogP contribution in [0.1, 0.15) is 19.4 Å². The number of amides is 1. The maximum absolute atomic E-state index is 10.7. The van der Waals surface area contributed by atoms with E-state index in [1.807, 2.05) is 44.2 Å². The van der Waals surface area contributed by atoms with Crippen molar-refractivity contribution in [1.29, 1.82) is 0 Å². The summed E-state index contributed by atoms with van der Waals surface area (Å²) in [5.74, 6) is -0.360. The van der Waals surface area contributed by atoms with Gasteiger partial charge in [0, 0.05) is 5.54 Å². The molecule has 1 aromatic rings. The molecule has 0 aromatic heterocycles. The van der Waals surface area contributed by atoms with Gasteiger partial charge in [0.2, 0.25) is 5.91 Å². The van der Waals surface area contributed by atoms with Gasteiger partial charge in [-0.25, -0.2) is 0 Å². The Balaban J connectivity index is 2.27. The van der Waals surface area contributed by atoms with Crippen molar-refractivity contribution < 1.29 is 9.53 Å². The van der Waals surface area contributed by atoms with Crippen molar-refractivity contribution in [2.75, 3.05) is 13.2 Å². The average Bonchev–Trinajstić information content (AvgIpc) is 2.28. The summed E-state index contributed by atoms with van der Waals surface area (Å²) >= 11 is 0. The Kier molecular flexibility index (Phi) is 5.12. The van der Waals surface area contributed by atoms with Gasteiger partial charge in [-0.3, -0.25) is 4.79 Å². The first kappa shape index (κ1) is 13.7. The lowest BCUT2D eigenvalue weighted by atomic mass is 10.1. The van der Waals surface area contributed by atoms with Crippen LogP contribution in [0.4, 0.5) is 0 Å². The van der Waals surface area contributed by atoms with E-state index in [2.05, 4.69) is 5.32 Å². The molecule has 17 heavy (non-hydrogen) atoms. The van der Waals surface area contributed by atoms with Crippen LogP contribution in [-0.4, -0.2) is 24.6 Å². The SMILES string of the molecule is CC(C)(COCc1ccccc1)NCC(N)=O. The maximum Gasteiger partial charge on any atom is 0.231 e. The van der Waals surface area contributed by atoms with Crippen LogP contribution in [0.5, 0.6) is 0 Å². The highest BCUT2D eigenvalue weighted by Gasteiger charge is 2.17. The summed E-state index contributed by atoms with van der Waals surface area (Å²) in [5.41, 5.74) is 5.95. The fourth-order valence-electron chi connectivity index (χ4n) is 1.38. The minimum Gasteiger partial charge on any atom is -0.375 e. The summed E-state index contributed by atoms with van der Waals surface area (Å²) in [4.78, 5) is 10.7. The Labute approximate surface area is 102 Å². The third-order valence-electron chi connectivity index (χ3n) is 2.32. The molecule has 1 amide bonds. The lowest BCUT2D eigenvalue weighted by molar-refractivity contribution is -0.117. The standard InChI is InChI=1S/C13H20N2O2/c1-13(2,15-8-12(14)16)10-17-9-11-6-4-3-5-7-11/h3-7,15H,8-10H2,1-2H3,(H2,14,16). The normalized spacial score (nSPS) is 11.4. The predicted octanol–water partition coefficient (Wildman–Crippen LogP) is 1.06. The lowest BCUT2D eigenvalue weighted by Crippen LogP contribution is -2.47. The van der Waals surface area contributed by atoms with E-state index in [-0.39, 0.29) is 18.0 Å². The van der Waals surface area contributed by atoms with Crippen molar-refractivity contribution in [3.8, 4) is 0 Å². The van der Waals surface area contributed by atoms with Crippen molar-refractivity contribution >= 4 is 5.91 Å². The minimum absolute atomic E-state index is 0.168. The van der Waals surface area contributed by atoms with Crippen molar-refractivity contribution in [3.05, 3.63) is 35.9 Å². The van der Waals surface area contributed by atoms with Crippen LogP contribution in [-0.2, 0) is 16.1 Å². The Morgan fingerprint density at radius 2 is 2.00 bits per heavy atom. The topological polar surface area (TPSA) is 64.3 Å². The summed E-state index contributed by atoms with van der Waals surface area (Å²) in [6.07, 6.45) is 0. The zero-order valence-corrected chi connectivity index (χ0v) is 10.4. The third-order valence-corrected chi connectivity index (χ3v) is 2.32. The second-order valence-corrected chi connectivity index (χ2v) is 4.68. The average molecular weight is 236 g/mol. The highest BCUT2D eigenvalue weighted by atomic mass is 16.5. The van der Waals surface area contributed by atoms with Gasteiger partial charge in [0.15, 0.2) is 0 Å². The van der Waals surface area contributed by atoms with E-state index in [0.717, 1.165) is 5.56 Å². The van der Waals surface area contributed by atoms with Crippen LogP contribution < -0.4 is 11.1 Å². The number of rotatable bonds is 7. The number of ether oxygens (including phenoxy) is 1. The molecule has 1 rings (SSSR count). The van der Waals surface area contributed by atoms with Crippen molar-refractivity contribution in [2.24, 2.45) is 5.73 Å². The molecule has 0 spiro atoms. The van der Waals surface area contributed by atoms with Crippen LogP contribution in [0.3, 0.4) is 0 Å². The molecule has 3 N–H and O–H groups in total. The van der Waals surface area contributed by atoms with E-state index in [0.29, 0.717) is 13.2 Å². The molecule has 0 radical (unpaired) electrons. The molecule has 0 aliphatic rings. The molecule has 4 nitrogen and oxygen atoms in total. The molecule has 0 unspecified atom stereocenters. The van der Waals surface area contributed by atoms with Gasteiger partial charge < -0.3 is 15.8 Å². The quantitative estimate of drug-likeness (QED) is 0.744. The molecular formula is C13H20N2O2. The molecule has 0 atom stereocenters. The number of primary amides is 1. The molecule has 0 saturated heterocycles. The predicted molar refractivity (Wildman–Crippen MR) is 67.4 cm³/mol. The molecular weight excluding hydrogens is 216 g/mol. The molecule has 0 bridgehead atoms. The van der Waals surface area contributed by atoms with Crippen LogP contribution in [0.2, 0.25) is 0 Å². The second kappa shape index (κ2) is 6.37. The third kappa shape index (κ3) is 6.04. The fraction of sp³-hybridized carbons (Fsp3) is 0.462. The smallest absolute Gasteiger partial charge is 0.231 e. The van der Waals surface area contributed by atoms with Crippen LogP contribution in [0, 0.1) is 0 Å². The first-order valence-electron chi connectivity index (χ1n) is 5.65. The molecule has 94 valence electrons. The molecule has 0 saturated carbocycles. The zero-order valence-electron chi connectivity index (χ0n) is 10.4. The lowest BCUT2D eigenvalue weighted by Gasteiger charge is -2.25. The zero-order chi connectivity index (χ0) is 12.7. The number of benzene rings is 1. The van der Waals surface area contributed by atoms with Gasteiger partial charge in [-0.1, -0.05) is 30.3 Å². The molecule has 0 aliphatic carbocycles. The van der Waals surface area contributed by atoms with E-state index < -0.39 is 0 Å². The highest BCUT2D eigenvalue weighted by molar-refractivity contribution is 5.75. The fourth-order valence-corrected chi connectivity index (χ4v) is 1.38. The summed E-state index contributed by atoms with van der Waals surface area (Å²) in [5, 5.41) is 3.05. The van der Waals surface area contributed by atoms with Crippen LogP contribution >= 0.6 is 0 Å². The van der Waals surface area contributed by atoms with Gasteiger partial charge in [0.25, 0.3) is 0 Å². The molecule has 0 heterocycles. The number of carbonyl (C=O) groups excluding carboxylic acids is 1. The van der Waals surface area contributed by atoms with Gasteiger partial charge in [0.1, 0.15) is 0 Å². The Morgan fingerprint density at radius 3 is 2.59 bits per heavy atom. The minimum atomic E-state index is -0.360. The number of hydrogen-bond acceptors (Lipinski definition) is 3. The summed E-state index contributed by atoms with van der Waals surface area (Å²) in [7, 11) is 0. The Bertz CT molecular complexity index is 350. The molecule has 1 aromatic carbocycles. The van der Waals surface area contributed by atoms with Gasteiger partial charge in [-0.05, 0) is 19.4 Å². The van der Waals surface area contributed by atoms with Gasteiger partial charge in [-0.15, -0.1) is 0 Å². The van der Waals surface area contributed by atoms with Gasteiger partial charge in [-0.2, -0.15) is 0 Å². The summed E-state index contributed by atoms with van der Waals surface area (Å²) < 4.78 is 5.60. The first-order chi connectivity index (χ1) is 7.99. The second-order valence-electron chi connectivity index (χ2n) is 4.68. The van der Waals surface area contributed by atoms with Gasteiger partial charge >= 0.3 is 0 Å². The number of carbonyl (C=O) groups is 1. The van der Waals surface area contributed by atoms with Gasteiger partial charge in [0.05, 0.1) is 19.8 Å². The first-order valence-corrected chi connectivity index (χ1v) is 5.65. The van der Waals surface area contributed by atoms with Crippen LogP contribution in [0.15, 0.2) is 30.3 Å². The number of hydrogen-bond donors (Lipinski definition) is 2. The van der Waals surface area contributed by atoms with Crippen molar-refractivity contribution in [1.82, 2.24) is 5.32 Å². The molecule has 4 heteroatoms. The van der Waals surface area contributed by atoms with E-state index in [4.69, 9.17) is 10.5 Å². The Morgan fingerprint density at radius 1 is 1.35 bits per heavy atom. The molecule has 0 fully saturated rings. The van der Waals surface area contributed by atoms with E-state index in [1.165, 1.54) is 0 Å². The maximum atomic E-state index is 10.7. The van der Waals surface area contributed by atoms with Crippen LogP contribution in [0.25, 0.3) is 0 Å². The van der Waals surface area contributed by atoms with Crippen molar-refractivity contribution in [3.63, 3.8) is 0 Å². The largest absolute Gasteiger partial charge is 0.375 e. The highest BCUT2D eigenvalue weighted by Crippen LogP contribution is 2.06. The van der Waals surface area contributed by atoms with E-state index >= 15 is 0 Å². The monoisotopic (exact) mass is 236 g/mol. The summed E-state index contributed by atoms with van der Waals surface area (Å²) in [6.45, 7) is 5.21. The van der Waals surface area contributed by atoms with E-state index in [1.54, 1.807) is 0 Å². The number of nitrogens with one attached hydrogen (secondary N) is 1. The van der Waals surface area contributed by atoms with Crippen molar-refractivity contribution in [2.45, 2.75) is 26.0 Å². The molecule has 0 aliphatic heterocycles. The number of nitrogens with two attached hydrogens (primary N) is 1.